The number of carbonyl (C=O) groups is 1. The van der Waals surface area contributed by atoms with Gasteiger partial charge in [0.2, 0.25) is 0 Å². The van der Waals surface area contributed by atoms with Crippen molar-refractivity contribution in [2.45, 2.75) is 32.8 Å². The van der Waals surface area contributed by atoms with E-state index in [2.05, 4.69) is 21.2 Å². The first-order valence-corrected chi connectivity index (χ1v) is 7.94. The average molecular weight is 374 g/mol. The van der Waals surface area contributed by atoms with Crippen LogP contribution in [0.1, 0.15) is 26.3 Å². The number of aliphatic hydroxyl groups is 1. The molecule has 0 aromatic heterocycles. The van der Waals surface area contributed by atoms with Crippen LogP contribution in [0, 0.1) is 5.92 Å². The Balaban J connectivity index is 2.55. The molecule has 0 radical (unpaired) electrons. The quantitative estimate of drug-likeness (QED) is 0.803. The monoisotopic (exact) mass is 373 g/mol. The first-order chi connectivity index (χ1) is 10.2. The van der Waals surface area contributed by atoms with Crippen molar-refractivity contribution in [3.05, 3.63) is 28.2 Å². The van der Waals surface area contributed by atoms with Crippen LogP contribution in [0.4, 0.5) is 4.79 Å². The average Bonchev–Trinajstić information content (AvgIpc) is 2.41. The number of ether oxygens (including phenoxy) is 2. The summed E-state index contributed by atoms with van der Waals surface area (Å²) in [7, 11) is 1.61. The molecule has 5 nitrogen and oxygen atoms in total. The number of hydrogen-bond acceptors (Lipinski definition) is 4. The minimum Gasteiger partial charge on any atom is -0.496 e. The van der Waals surface area contributed by atoms with Gasteiger partial charge >= 0.3 is 6.09 Å². The summed E-state index contributed by atoms with van der Waals surface area (Å²) in [6, 6.07) is 5.77. The van der Waals surface area contributed by atoms with Crippen LogP contribution < -0.4 is 10.1 Å². The number of carbonyl (C=O) groups excluding carboxylic acids is 1. The molecule has 1 atom stereocenters. The van der Waals surface area contributed by atoms with E-state index in [1.165, 1.54) is 0 Å². The second-order valence-electron chi connectivity index (χ2n) is 6.10. The van der Waals surface area contributed by atoms with E-state index in [0.717, 1.165) is 15.8 Å². The lowest BCUT2D eigenvalue weighted by Gasteiger charge is -2.21. The van der Waals surface area contributed by atoms with Crippen molar-refractivity contribution in [3.8, 4) is 5.75 Å². The van der Waals surface area contributed by atoms with E-state index in [9.17, 15) is 9.90 Å². The number of hydrogen-bond donors (Lipinski definition) is 2. The molecule has 0 aliphatic rings. The minimum absolute atomic E-state index is 0.0144. The van der Waals surface area contributed by atoms with Crippen molar-refractivity contribution in [1.29, 1.82) is 0 Å². The molecule has 0 saturated heterocycles. The summed E-state index contributed by atoms with van der Waals surface area (Å²) in [6.07, 6.45) is 0.177. The molecule has 1 amide bonds. The van der Waals surface area contributed by atoms with Gasteiger partial charge in [-0.05, 0) is 60.8 Å². The fourth-order valence-corrected chi connectivity index (χ4v) is 2.50. The van der Waals surface area contributed by atoms with Gasteiger partial charge in [0.25, 0.3) is 0 Å². The Bertz CT molecular complexity index is 499. The molecule has 22 heavy (non-hydrogen) atoms. The molecule has 0 aliphatic heterocycles. The number of aliphatic hydroxyl groups excluding tert-OH is 1. The van der Waals surface area contributed by atoms with Gasteiger partial charge in [0, 0.05) is 19.1 Å². The summed E-state index contributed by atoms with van der Waals surface area (Å²) in [5.41, 5.74) is 0.525. The number of alkyl carbamates (subject to hydrolysis) is 1. The van der Waals surface area contributed by atoms with Crippen LogP contribution in [-0.4, -0.2) is 37.1 Å². The molecule has 0 unspecified atom stereocenters. The van der Waals surface area contributed by atoms with Crippen molar-refractivity contribution in [2.24, 2.45) is 5.92 Å². The molecular weight excluding hydrogens is 350 g/mol. The Kier molecular flexibility index (Phi) is 7.16. The maximum Gasteiger partial charge on any atom is 0.407 e. The topological polar surface area (TPSA) is 67.8 Å². The van der Waals surface area contributed by atoms with Crippen molar-refractivity contribution in [2.75, 3.05) is 20.3 Å². The highest BCUT2D eigenvalue weighted by Crippen LogP contribution is 2.26. The van der Waals surface area contributed by atoms with Crippen molar-refractivity contribution in [1.82, 2.24) is 5.32 Å². The first-order valence-electron chi connectivity index (χ1n) is 7.15. The first kappa shape index (κ1) is 18.8. The van der Waals surface area contributed by atoms with Gasteiger partial charge in [0.1, 0.15) is 11.4 Å². The summed E-state index contributed by atoms with van der Waals surface area (Å²) in [5.74, 6) is 0.684. The Morgan fingerprint density at radius 3 is 2.59 bits per heavy atom. The lowest BCUT2D eigenvalue weighted by molar-refractivity contribution is 0.0512. The van der Waals surface area contributed by atoms with Crippen LogP contribution >= 0.6 is 15.9 Å². The molecule has 0 bridgehead atoms. The zero-order valence-electron chi connectivity index (χ0n) is 13.5. The fraction of sp³-hybridized carbons (Fsp3) is 0.562. The molecule has 1 rings (SSSR count). The van der Waals surface area contributed by atoms with E-state index in [1.54, 1.807) is 7.11 Å². The molecule has 0 spiro atoms. The number of methoxy groups -OCH3 is 1. The van der Waals surface area contributed by atoms with Crippen molar-refractivity contribution in [3.63, 3.8) is 0 Å². The van der Waals surface area contributed by atoms with Gasteiger partial charge in [-0.25, -0.2) is 4.79 Å². The zero-order valence-corrected chi connectivity index (χ0v) is 15.1. The lowest BCUT2D eigenvalue weighted by Crippen LogP contribution is -2.36. The molecule has 2 N–H and O–H groups in total. The molecule has 0 aliphatic carbocycles. The van der Waals surface area contributed by atoms with E-state index in [-0.39, 0.29) is 12.5 Å². The normalized spacial score (nSPS) is 12.6. The standard InChI is InChI=1S/C16H24BrNO4/c1-16(2,3)22-15(20)18-9-12(10-19)7-11-5-6-14(21-4)13(17)8-11/h5-6,8,12,19H,7,9-10H2,1-4H3,(H,18,20)/t12-/m1/s1. The molecule has 1 aromatic carbocycles. The number of halogens is 1. The SMILES string of the molecule is COc1ccc(C[C@@H](CO)CNC(=O)OC(C)(C)C)cc1Br. The van der Waals surface area contributed by atoms with Crippen LogP contribution in [0.3, 0.4) is 0 Å². The molecule has 0 heterocycles. The van der Waals surface area contributed by atoms with Crippen LogP contribution in [0.5, 0.6) is 5.75 Å². The van der Waals surface area contributed by atoms with Crippen LogP contribution in [0.15, 0.2) is 22.7 Å². The van der Waals surface area contributed by atoms with Crippen LogP contribution in [0.25, 0.3) is 0 Å². The molecule has 0 saturated carbocycles. The second-order valence-corrected chi connectivity index (χ2v) is 6.96. The van der Waals surface area contributed by atoms with Crippen LogP contribution in [0.2, 0.25) is 0 Å². The zero-order chi connectivity index (χ0) is 16.8. The highest BCUT2D eigenvalue weighted by Gasteiger charge is 2.17. The van der Waals surface area contributed by atoms with Gasteiger partial charge in [-0.1, -0.05) is 6.07 Å². The summed E-state index contributed by atoms with van der Waals surface area (Å²) in [5, 5.41) is 12.2. The number of amides is 1. The third-order valence-electron chi connectivity index (χ3n) is 2.93. The Morgan fingerprint density at radius 2 is 2.09 bits per heavy atom. The maximum absolute atomic E-state index is 11.6. The second kappa shape index (κ2) is 8.39. The third kappa shape index (κ3) is 6.66. The number of nitrogens with one attached hydrogen (secondary N) is 1. The van der Waals surface area contributed by atoms with Gasteiger partial charge in [0.15, 0.2) is 0 Å². The van der Waals surface area contributed by atoms with Crippen LogP contribution in [-0.2, 0) is 11.2 Å². The number of rotatable bonds is 6. The van der Waals surface area contributed by atoms with Gasteiger partial charge in [-0.15, -0.1) is 0 Å². The molecule has 124 valence electrons. The van der Waals surface area contributed by atoms with E-state index < -0.39 is 11.7 Å². The van der Waals surface area contributed by atoms with E-state index in [1.807, 2.05) is 39.0 Å². The molecular formula is C16H24BrNO4. The highest BCUT2D eigenvalue weighted by atomic mass is 79.9. The Morgan fingerprint density at radius 1 is 1.41 bits per heavy atom. The summed E-state index contributed by atoms with van der Waals surface area (Å²) in [4.78, 5) is 11.6. The van der Waals surface area contributed by atoms with Gasteiger partial charge in [-0.3, -0.25) is 0 Å². The third-order valence-corrected chi connectivity index (χ3v) is 3.55. The molecule has 1 aromatic rings. The fourth-order valence-electron chi connectivity index (χ4n) is 1.91. The van der Waals surface area contributed by atoms with Gasteiger partial charge in [-0.2, -0.15) is 0 Å². The maximum atomic E-state index is 11.6. The predicted octanol–water partition coefficient (Wildman–Crippen LogP) is 3.13. The van der Waals surface area contributed by atoms with Crippen molar-refractivity contribution >= 4 is 22.0 Å². The Hall–Kier alpha value is -1.27. The molecule has 6 heteroatoms. The van der Waals surface area contributed by atoms with Gasteiger partial charge < -0.3 is 19.9 Å². The summed E-state index contributed by atoms with van der Waals surface area (Å²) >= 11 is 3.44. The Labute approximate surface area is 140 Å². The minimum atomic E-state index is -0.528. The van der Waals surface area contributed by atoms with E-state index in [0.29, 0.717) is 13.0 Å². The van der Waals surface area contributed by atoms with Crippen molar-refractivity contribution < 1.29 is 19.4 Å². The predicted molar refractivity (Wildman–Crippen MR) is 89.2 cm³/mol. The van der Waals surface area contributed by atoms with E-state index in [4.69, 9.17) is 9.47 Å². The van der Waals surface area contributed by atoms with E-state index >= 15 is 0 Å². The highest BCUT2D eigenvalue weighted by molar-refractivity contribution is 9.10. The summed E-state index contributed by atoms with van der Waals surface area (Å²) < 4.78 is 11.2. The van der Waals surface area contributed by atoms with Gasteiger partial charge in [0.05, 0.1) is 11.6 Å². The smallest absolute Gasteiger partial charge is 0.407 e. The molecule has 0 fully saturated rings. The number of benzene rings is 1. The largest absolute Gasteiger partial charge is 0.496 e. The lowest BCUT2D eigenvalue weighted by atomic mass is 10.00. The summed E-state index contributed by atoms with van der Waals surface area (Å²) in [6.45, 7) is 5.77.